The van der Waals surface area contributed by atoms with Gasteiger partial charge in [0.25, 0.3) is 0 Å². The first kappa shape index (κ1) is 32.8. The molecule has 0 N–H and O–H groups in total. The average molecular weight is 768 g/mol. The van der Waals surface area contributed by atoms with Gasteiger partial charge in [-0.1, -0.05) is 194 Å². The van der Waals surface area contributed by atoms with Crippen LogP contribution in [0.4, 0.5) is 0 Å². The van der Waals surface area contributed by atoms with Crippen LogP contribution in [-0.4, -0.2) is 14.5 Å². The van der Waals surface area contributed by atoms with E-state index >= 15 is 0 Å². The molecule has 13 rings (SSSR count). The summed E-state index contributed by atoms with van der Waals surface area (Å²) in [6, 6.07) is 72.9. The molecule has 2 aliphatic rings. The summed E-state index contributed by atoms with van der Waals surface area (Å²) < 4.78 is 2.34. The Hall–Kier alpha value is -7.27. The minimum atomic E-state index is -0.470. The first-order chi connectivity index (χ1) is 29.3. The van der Waals surface area contributed by atoms with Crippen LogP contribution in [0.1, 0.15) is 22.3 Å². The van der Waals surface area contributed by atoms with E-state index in [9.17, 15) is 0 Å². The third-order valence-electron chi connectivity index (χ3n) is 12.7. The highest BCUT2D eigenvalue weighted by Crippen LogP contribution is 2.63. The number of benzene rings is 9. The summed E-state index contributed by atoms with van der Waals surface area (Å²) in [7, 11) is 0. The van der Waals surface area contributed by atoms with Crippen LogP contribution in [0.3, 0.4) is 0 Å². The molecule has 0 saturated carbocycles. The summed E-state index contributed by atoms with van der Waals surface area (Å²) in [6.45, 7) is 0. The fraction of sp³-hybridized carbons (Fsp3) is 0.0182. The number of rotatable bonds is 3. The van der Waals surface area contributed by atoms with E-state index in [4.69, 9.17) is 9.97 Å². The lowest BCUT2D eigenvalue weighted by Crippen LogP contribution is -2.32. The minimum absolute atomic E-state index is 0.470. The van der Waals surface area contributed by atoms with Crippen LogP contribution in [0.15, 0.2) is 210 Å². The molecule has 1 aliphatic heterocycles. The van der Waals surface area contributed by atoms with Crippen LogP contribution >= 0.6 is 11.8 Å². The van der Waals surface area contributed by atoms with Gasteiger partial charge in [-0.2, -0.15) is 0 Å². The van der Waals surface area contributed by atoms with Crippen molar-refractivity contribution in [3.8, 4) is 39.5 Å². The Morgan fingerprint density at radius 2 is 1.05 bits per heavy atom. The third-order valence-corrected chi connectivity index (χ3v) is 13.9. The van der Waals surface area contributed by atoms with Gasteiger partial charge in [-0.25, -0.2) is 9.97 Å². The lowest BCUT2D eigenvalue weighted by Gasteiger charge is -2.40. The van der Waals surface area contributed by atoms with Crippen molar-refractivity contribution in [3.63, 3.8) is 0 Å². The van der Waals surface area contributed by atoms with E-state index in [1.807, 2.05) is 11.8 Å². The van der Waals surface area contributed by atoms with Gasteiger partial charge in [-0.05, 0) is 68.1 Å². The molecule has 274 valence electrons. The maximum atomic E-state index is 5.55. The first-order valence-electron chi connectivity index (χ1n) is 20.2. The smallest absolute Gasteiger partial charge is 0.235 e. The van der Waals surface area contributed by atoms with Gasteiger partial charge in [0.2, 0.25) is 5.95 Å². The first-order valence-corrected chi connectivity index (χ1v) is 21.0. The van der Waals surface area contributed by atoms with Crippen molar-refractivity contribution in [3.05, 3.63) is 222 Å². The molecule has 0 radical (unpaired) electrons. The average Bonchev–Trinajstić information content (AvgIpc) is 3.81. The van der Waals surface area contributed by atoms with Gasteiger partial charge in [0.15, 0.2) is 0 Å². The Balaban J connectivity index is 1.13. The molecule has 0 fully saturated rings. The summed E-state index contributed by atoms with van der Waals surface area (Å²) in [4.78, 5) is 13.5. The molecular formula is C55H33N3S. The van der Waals surface area contributed by atoms with Gasteiger partial charge in [0.1, 0.15) is 0 Å². The van der Waals surface area contributed by atoms with Crippen LogP contribution in [0.2, 0.25) is 0 Å². The molecule has 59 heavy (non-hydrogen) atoms. The standard InChI is InChI=1S/C55H33N3S/c1-2-14-34(15-3-1)35-26-28-37(29-27-35)51-41-20-8-12-24-47(41)56-54(57-51)58-48-33-32-46-53(50(48)42-31-30-36-16-4-5-17-38(36)52(42)58)59-49-25-13-11-23-45(49)55(46)43-21-9-6-18-39(43)40-19-7-10-22-44(40)55/h1-33H. The fourth-order valence-electron chi connectivity index (χ4n) is 10.2. The molecule has 0 amide bonds. The highest BCUT2D eigenvalue weighted by Gasteiger charge is 2.50. The molecule has 3 nitrogen and oxygen atoms in total. The van der Waals surface area contributed by atoms with Crippen molar-refractivity contribution < 1.29 is 0 Å². The van der Waals surface area contributed by atoms with Crippen LogP contribution in [-0.2, 0) is 5.41 Å². The Morgan fingerprint density at radius 3 is 1.85 bits per heavy atom. The van der Waals surface area contributed by atoms with E-state index in [0.717, 1.165) is 33.2 Å². The van der Waals surface area contributed by atoms with Crippen molar-refractivity contribution in [2.24, 2.45) is 0 Å². The molecule has 2 aromatic heterocycles. The second kappa shape index (κ2) is 12.4. The van der Waals surface area contributed by atoms with E-state index in [1.165, 1.54) is 75.8 Å². The Labute approximate surface area is 345 Å². The molecule has 0 unspecified atom stereocenters. The van der Waals surface area contributed by atoms with Gasteiger partial charge in [-0.3, -0.25) is 4.57 Å². The van der Waals surface area contributed by atoms with Crippen LogP contribution in [0, 0.1) is 0 Å². The maximum absolute atomic E-state index is 5.55. The van der Waals surface area contributed by atoms with Crippen molar-refractivity contribution in [1.29, 1.82) is 0 Å². The molecular weight excluding hydrogens is 735 g/mol. The maximum Gasteiger partial charge on any atom is 0.235 e. The number of nitrogens with zero attached hydrogens (tertiary/aromatic N) is 3. The topological polar surface area (TPSA) is 30.7 Å². The lowest BCUT2D eigenvalue weighted by atomic mass is 9.67. The summed E-state index contributed by atoms with van der Waals surface area (Å²) in [5.41, 5.74) is 14.9. The largest absolute Gasteiger partial charge is 0.277 e. The van der Waals surface area contributed by atoms with Gasteiger partial charge in [0, 0.05) is 36.9 Å². The van der Waals surface area contributed by atoms with E-state index in [-0.39, 0.29) is 0 Å². The highest BCUT2D eigenvalue weighted by atomic mass is 32.2. The van der Waals surface area contributed by atoms with Gasteiger partial charge in [-0.15, -0.1) is 0 Å². The molecule has 4 heteroatoms. The summed E-state index contributed by atoms with van der Waals surface area (Å²) in [5.74, 6) is 0.662. The molecule has 0 saturated heterocycles. The zero-order chi connectivity index (χ0) is 38.7. The summed E-state index contributed by atoms with van der Waals surface area (Å²) >= 11 is 1.90. The summed E-state index contributed by atoms with van der Waals surface area (Å²) in [5, 5.41) is 5.81. The van der Waals surface area contributed by atoms with Crippen molar-refractivity contribution in [1.82, 2.24) is 14.5 Å². The quantitative estimate of drug-likeness (QED) is 0.179. The third kappa shape index (κ3) is 4.49. The molecule has 0 bridgehead atoms. The SMILES string of the molecule is c1ccc(-c2ccc(-c3nc(-n4c5ccc6c(c5c5ccc7ccccc7c54)Sc4ccccc4C64c5ccccc5-c5ccccc54)nc4ccccc34)cc2)cc1. The Morgan fingerprint density at radius 1 is 0.424 bits per heavy atom. The normalized spacial score (nSPS) is 13.5. The van der Waals surface area contributed by atoms with Gasteiger partial charge in [0.05, 0.1) is 27.7 Å². The van der Waals surface area contributed by atoms with Crippen LogP contribution in [0.25, 0.3) is 82.9 Å². The predicted octanol–water partition coefficient (Wildman–Crippen LogP) is 14.0. The highest BCUT2D eigenvalue weighted by molar-refractivity contribution is 7.99. The molecule has 1 aliphatic carbocycles. The van der Waals surface area contributed by atoms with Crippen LogP contribution < -0.4 is 0 Å². The molecule has 1 spiro atoms. The predicted molar refractivity (Wildman–Crippen MR) is 244 cm³/mol. The second-order valence-electron chi connectivity index (χ2n) is 15.6. The molecule has 9 aromatic carbocycles. The fourth-order valence-corrected chi connectivity index (χ4v) is 11.6. The molecule has 0 atom stereocenters. The summed E-state index contributed by atoms with van der Waals surface area (Å²) in [6.07, 6.45) is 0. The van der Waals surface area contributed by atoms with Crippen molar-refractivity contribution >= 4 is 55.2 Å². The Bertz CT molecular complexity index is 3480. The number of fused-ring (bicyclic) bond motifs is 16. The van der Waals surface area contributed by atoms with Crippen LogP contribution in [0.5, 0.6) is 0 Å². The second-order valence-corrected chi connectivity index (χ2v) is 16.7. The monoisotopic (exact) mass is 767 g/mol. The molecule has 11 aromatic rings. The Kier molecular flexibility index (Phi) is 6.87. The zero-order valence-corrected chi connectivity index (χ0v) is 32.6. The van der Waals surface area contributed by atoms with E-state index < -0.39 is 5.41 Å². The number of aromatic nitrogens is 3. The zero-order valence-electron chi connectivity index (χ0n) is 31.8. The van der Waals surface area contributed by atoms with Gasteiger partial charge < -0.3 is 0 Å². The van der Waals surface area contributed by atoms with E-state index in [2.05, 4.69) is 205 Å². The van der Waals surface area contributed by atoms with Gasteiger partial charge >= 0.3 is 0 Å². The molecule has 3 heterocycles. The van der Waals surface area contributed by atoms with E-state index in [1.54, 1.807) is 0 Å². The minimum Gasteiger partial charge on any atom is -0.277 e. The van der Waals surface area contributed by atoms with E-state index in [0.29, 0.717) is 5.95 Å². The van der Waals surface area contributed by atoms with Crippen molar-refractivity contribution in [2.75, 3.05) is 0 Å². The number of hydrogen-bond donors (Lipinski definition) is 0. The lowest BCUT2D eigenvalue weighted by molar-refractivity contribution is 0.726. The van der Waals surface area contributed by atoms with Crippen molar-refractivity contribution in [2.45, 2.75) is 15.2 Å². The number of hydrogen-bond acceptors (Lipinski definition) is 3. The number of para-hydroxylation sites is 1.